The third kappa shape index (κ3) is 3.73. The van der Waals surface area contributed by atoms with E-state index in [1.165, 1.54) is 7.11 Å². The second kappa shape index (κ2) is 6.83. The molecular formula is C11H22N2O3. The number of likely N-dealkylation sites (N-methyl/N-ethyl adjacent to an activating group) is 1. The van der Waals surface area contributed by atoms with Crippen molar-refractivity contribution in [2.45, 2.75) is 18.9 Å². The van der Waals surface area contributed by atoms with Crippen molar-refractivity contribution in [2.75, 3.05) is 40.5 Å². The average molecular weight is 230 g/mol. The Hall–Kier alpha value is -0.650. The highest BCUT2D eigenvalue weighted by atomic mass is 16.5. The van der Waals surface area contributed by atoms with E-state index < -0.39 is 0 Å². The molecule has 2 unspecified atom stereocenters. The first-order chi connectivity index (χ1) is 7.69. The molecule has 0 aliphatic carbocycles. The second-order valence-electron chi connectivity index (χ2n) is 4.30. The number of ether oxygens (including phenoxy) is 2. The molecule has 5 nitrogen and oxygen atoms in total. The summed E-state index contributed by atoms with van der Waals surface area (Å²) in [6, 6.07) is -0.341. The molecule has 5 heteroatoms. The summed E-state index contributed by atoms with van der Waals surface area (Å²) in [5.41, 5.74) is 5.58. The van der Waals surface area contributed by atoms with Crippen LogP contribution in [0.2, 0.25) is 0 Å². The molecule has 0 radical (unpaired) electrons. The van der Waals surface area contributed by atoms with Crippen molar-refractivity contribution in [3.8, 4) is 0 Å². The van der Waals surface area contributed by atoms with Gasteiger partial charge in [0.25, 0.3) is 0 Å². The number of hydrogen-bond acceptors (Lipinski definition) is 5. The number of carbonyl (C=O) groups excluding carboxylic acids is 1. The lowest BCUT2D eigenvalue weighted by Crippen LogP contribution is -2.47. The summed E-state index contributed by atoms with van der Waals surface area (Å²) >= 11 is 0. The molecule has 1 rings (SSSR count). The van der Waals surface area contributed by atoms with Gasteiger partial charge in [0.2, 0.25) is 0 Å². The maximum atomic E-state index is 11.5. The van der Waals surface area contributed by atoms with Gasteiger partial charge in [0.05, 0.1) is 13.7 Å². The fourth-order valence-corrected chi connectivity index (χ4v) is 2.08. The fraction of sp³-hybridized carbons (Fsp3) is 0.909. The topological polar surface area (TPSA) is 64.8 Å². The molecule has 0 aromatic rings. The second-order valence-corrected chi connectivity index (χ2v) is 4.30. The van der Waals surface area contributed by atoms with Crippen molar-refractivity contribution in [3.63, 3.8) is 0 Å². The Labute approximate surface area is 96.9 Å². The summed E-state index contributed by atoms with van der Waals surface area (Å²) in [5, 5.41) is 0. The smallest absolute Gasteiger partial charge is 0.324 e. The van der Waals surface area contributed by atoms with Crippen molar-refractivity contribution in [1.29, 1.82) is 0 Å². The Morgan fingerprint density at radius 3 is 2.94 bits per heavy atom. The number of rotatable bonds is 5. The van der Waals surface area contributed by atoms with Gasteiger partial charge in [-0.3, -0.25) is 9.69 Å². The van der Waals surface area contributed by atoms with Crippen LogP contribution in [0.5, 0.6) is 0 Å². The summed E-state index contributed by atoms with van der Waals surface area (Å²) in [7, 11) is 3.30. The first-order valence-corrected chi connectivity index (χ1v) is 5.75. The molecule has 0 aromatic carbocycles. The third-order valence-corrected chi connectivity index (χ3v) is 3.03. The van der Waals surface area contributed by atoms with Crippen LogP contribution in [0.1, 0.15) is 12.8 Å². The zero-order valence-electron chi connectivity index (χ0n) is 10.1. The number of methoxy groups -OCH3 is 1. The maximum Gasteiger partial charge on any atom is 0.324 e. The van der Waals surface area contributed by atoms with E-state index in [0.717, 1.165) is 32.6 Å². The molecule has 1 aliphatic rings. The van der Waals surface area contributed by atoms with Crippen LogP contribution in [0.25, 0.3) is 0 Å². The zero-order valence-corrected chi connectivity index (χ0v) is 10.1. The summed E-state index contributed by atoms with van der Waals surface area (Å²) in [6.07, 6.45) is 2.26. The van der Waals surface area contributed by atoms with Gasteiger partial charge >= 0.3 is 5.97 Å². The van der Waals surface area contributed by atoms with Crippen molar-refractivity contribution in [1.82, 2.24) is 4.90 Å². The normalized spacial score (nSPS) is 23.1. The van der Waals surface area contributed by atoms with Gasteiger partial charge < -0.3 is 15.2 Å². The molecule has 16 heavy (non-hydrogen) atoms. The van der Waals surface area contributed by atoms with E-state index in [0.29, 0.717) is 5.92 Å². The number of carbonyl (C=O) groups is 1. The minimum absolute atomic E-state index is 0.262. The molecular weight excluding hydrogens is 208 g/mol. The third-order valence-electron chi connectivity index (χ3n) is 3.03. The molecule has 0 amide bonds. The van der Waals surface area contributed by atoms with Crippen LogP contribution in [0.15, 0.2) is 0 Å². The zero-order chi connectivity index (χ0) is 12.0. The van der Waals surface area contributed by atoms with E-state index in [1.54, 1.807) is 0 Å². The maximum absolute atomic E-state index is 11.5. The van der Waals surface area contributed by atoms with Crippen LogP contribution in [-0.4, -0.2) is 57.4 Å². The van der Waals surface area contributed by atoms with Crippen LogP contribution in [0, 0.1) is 5.92 Å². The Bertz CT molecular complexity index is 217. The highest BCUT2D eigenvalue weighted by Crippen LogP contribution is 2.15. The van der Waals surface area contributed by atoms with Gasteiger partial charge in [-0.2, -0.15) is 0 Å². The summed E-state index contributed by atoms with van der Waals surface area (Å²) in [5.74, 6) is 0.235. The van der Waals surface area contributed by atoms with Crippen LogP contribution in [0.3, 0.4) is 0 Å². The largest absolute Gasteiger partial charge is 0.468 e. The van der Waals surface area contributed by atoms with Gasteiger partial charge in [-0.25, -0.2) is 0 Å². The SMILES string of the molecule is COC(=O)C(CN)N(C)CC1CCCOC1. The lowest BCUT2D eigenvalue weighted by molar-refractivity contribution is -0.146. The number of esters is 1. The first-order valence-electron chi connectivity index (χ1n) is 5.75. The Kier molecular flexibility index (Phi) is 5.73. The van der Waals surface area contributed by atoms with Gasteiger partial charge in [-0.1, -0.05) is 0 Å². The Morgan fingerprint density at radius 1 is 1.69 bits per heavy atom. The van der Waals surface area contributed by atoms with E-state index in [4.69, 9.17) is 15.2 Å². The number of nitrogens with zero attached hydrogens (tertiary/aromatic N) is 1. The molecule has 0 bridgehead atoms. The molecule has 2 N–H and O–H groups in total. The highest BCUT2D eigenvalue weighted by molar-refractivity contribution is 5.75. The summed E-state index contributed by atoms with van der Waals surface area (Å²) in [4.78, 5) is 13.4. The molecule has 1 heterocycles. The van der Waals surface area contributed by atoms with Crippen LogP contribution < -0.4 is 5.73 Å². The molecule has 94 valence electrons. The quantitative estimate of drug-likeness (QED) is 0.665. The van der Waals surface area contributed by atoms with Crippen LogP contribution in [0.4, 0.5) is 0 Å². The van der Waals surface area contributed by atoms with Crippen LogP contribution >= 0.6 is 0 Å². The highest BCUT2D eigenvalue weighted by Gasteiger charge is 2.25. The Balaban J connectivity index is 2.41. The minimum Gasteiger partial charge on any atom is -0.468 e. The van der Waals surface area contributed by atoms with Crippen molar-refractivity contribution in [2.24, 2.45) is 11.7 Å². The molecule has 0 spiro atoms. The number of nitrogens with two attached hydrogens (primary N) is 1. The van der Waals surface area contributed by atoms with E-state index in [2.05, 4.69) is 0 Å². The molecule has 2 atom stereocenters. The van der Waals surface area contributed by atoms with Crippen molar-refractivity contribution in [3.05, 3.63) is 0 Å². The summed E-state index contributed by atoms with van der Waals surface area (Å²) < 4.78 is 10.1. The van der Waals surface area contributed by atoms with Gasteiger partial charge in [-0.05, 0) is 25.8 Å². The van der Waals surface area contributed by atoms with Gasteiger partial charge in [-0.15, -0.1) is 0 Å². The lowest BCUT2D eigenvalue weighted by atomic mass is 10.0. The lowest BCUT2D eigenvalue weighted by Gasteiger charge is -2.30. The molecule has 0 aromatic heterocycles. The minimum atomic E-state index is -0.341. The Morgan fingerprint density at radius 2 is 2.44 bits per heavy atom. The van der Waals surface area contributed by atoms with Crippen molar-refractivity contribution < 1.29 is 14.3 Å². The summed E-state index contributed by atoms with van der Waals surface area (Å²) in [6.45, 7) is 2.76. The van der Waals surface area contributed by atoms with Gasteiger partial charge in [0.15, 0.2) is 0 Å². The fourth-order valence-electron chi connectivity index (χ4n) is 2.08. The first kappa shape index (κ1) is 13.4. The van der Waals surface area contributed by atoms with E-state index in [-0.39, 0.29) is 18.6 Å². The van der Waals surface area contributed by atoms with E-state index in [1.807, 2.05) is 11.9 Å². The van der Waals surface area contributed by atoms with Gasteiger partial charge in [0.1, 0.15) is 6.04 Å². The predicted molar refractivity (Wildman–Crippen MR) is 61.0 cm³/mol. The number of hydrogen-bond donors (Lipinski definition) is 1. The van der Waals surface area contributed by atoms with E-state index >= 15 is 0 Å². The molecule has 1 aliphatic heterocycles. The van der Waals surface area contributed by atoms with E-state index in [9.17, 15) is 4.79 Å². The molecule has 1 fully saturated rings. The molecule has 1 saturated heterocycles. The predicted octanol–water partition coefficient (Wildman–Crippen LogP) is -0.155. The van der Waals surface area contributed by atoms with Crippen LogP contribution in [-0.2, 0) is 14.3 Å². The van der Waals surface area contributed by atoms with Crippen molar-refractivity contribution >= 4 is 5.97 Å². The molecule has 0 saturated carbocycles. The standard InChI is InChI=1S/C11H22N2O3/c1-13(10(6-12)11(14)15-2)7-9-4-3-5-16-8-9/h9-10H,3-8,12H2,1-2H3. The van der Waals surface area contributed by atoms with Gasteiger partial charge in [0, 0.05) is 19.7 Å². The average Bonchev–Trinajstić information content (AvgIpc) is 2.31. The monoisotopic (exact) mass is 230 g/mol.